The van der Waals surface area contributed by atoms with Crippen LogP contribution in [0.25, 0.3) is 143 Å². The Morgan fingerprint density at radius 1 is 0.185 bits per heavy atom. The van der Waals surface area contributed by atoms with Gasteiger partial charge in [0.1, 0.15) is 23.3 Å². The molecule has 0 spiro atoms. The summed E-state index contributed by atoms with van der Waals surface area (Å²) in [6.45, 7) is 0. The lowest BCUT2D eigenvalue weighted by Crippen LogP contribution is -2.11. The van der Waals surface area contributed by atoms with Crippen molar-refractivity contribution in [1.82, 2.24) is 9.13 Å². The number of benzene rings is 18. The summed E-state index contributed by atoms with van der Waals surface area (Å²) >= 11 is 0. The highest BCUT2D eigenvalue weighted by Crippen LogP contribution is 2.53. The number of para-hydroxylation sites is 6. The molecule has 108 heavy (non-hydrogen) atoms. The number of nitrogens with zero attached hydrogens (tertiary/aromatic N) is 4. The summed E-state index contributed by atoms with van der Waals surface area (Å²) in [7, 11) is 0. The van der Waals surface area contributed by atoms with Crippen LogP contribution in [0.1, 0.15) is 0 Å². The first-order valence-electron chi connectivity index (χ1n) is 36.2. The fraction of sp³-hybridized carbons (Fsp3) is 0. The molecule has 0 saturated heterocycles. The molecule has 0 aliphatic carbocycles. The molecule has 0 unspecified atom stereocenters. The molecule has 0 saturated carbocycles. The van der Waals surface area contributed by atoms with Crippen molar-refractivity contribution in [3.05, 3.63) is 412 Å². The van der Waals surface area contributed by atoms with Crippen LogP contribution < -0.4 is 9.80 Å². The van der Waals surface area contributed by atoms with Gasteiger partial charge in [0.2, 0.25) is 0 Å². The van der Waals surface area contributed by atoms with Gasteiger partial charge < -0.3 is 18.9 Å². The molecule has 0 atom stereocenters. The largest absolute Gasteiger partial charge is 0.310 e. The van der Waals surface area contributed by atoms with Gasteiger partial charge in [0.05, 0.1) is 27.8 Å². The van der Waals surface area contributed by atoms with Crippen molar-refractivity contribution in [3.63, 3.8) is 0 Å². The predicted octanol–water partition coefficient (Wildman–Crippen LogP) is 28.3. The van der Waals surface area contributed by atoms with E-state index >= 15 is 17.6 Å². The van der Waals surface area contributed by atoms with Gasteiger partial charge in [-0.1, -0.05) is 249 Å². The lowest BCUT2D eigenvalue weighted by molar-refractivity contribution is 0.631. The minimum Gasteiger partial charge on any atom is -0.310 e. The third-order valence-electron chi connectivity index (χ3n) is 21.0. The first-order chi connectivity index (χ1) is 53.3. The molecule has 4 nitrogen and oxygen atoms in total. The molecular formula is C100H64F4N4. The Kier molecular flexibility index (Phi) is 16.3. The summed E-state index contributed by atoms with van der Waals surface area (Å²) < 4.78 is 68.4. The van der Waals surface area contributed by atoms with E-state index in [2.05, 4.69) is 201 Å². The molecule has 0 aliphatic rings. The zero-order chi connectivity index (χ0) is 72.3. The first-order valence-corrected chi connectivity index (χ1v) is 36.2. The van der Waals surface area contributed by atoms with Crippen molar-refractivity contribution in [2.45, 2.75) is 0 Å². The second-order valence-electron chi connectivity index (χ2n) is 27.1. The first kappa shape index (κ1) is 64.7. The molecule has 0 radical (unpaired) electrons. The van der Waals surface area contributed by atoms with E-state index in [1.807, 2.05) is 158 Å². The molecule has 2 aromatic heterocycles. The van der Waals surface area contributed by atoms with Crippen LogP contribution in [0.15, 0.2) is 388 Å². The Morgan fingerprint density at radius 3 is 0.926 bits per heavy atom. The average molecular weight is 1400 g/mol. The molecule has 0 N–H and O–H groups in total. The summed E-state index contributed by atoms with van der Waals surface area (Å²) in [5.41, 5.74) is 17.3. The number of aromatic nitrogens is 2. The van der Waals surface area contributed by atoms with E-state index in [4.69, 9.17) is 0 Å². The minimum absolute atomic E-state index is 0.305. The Labute approximate surface area is 621 Å². The monoisotopic (exact) mass is 1400 g/mol. The van der Waals surface area contributed by atoms with Gasteiger partial charge in [0.15, 0.2) is 0 Å². The molecule has 0 amide bonds. The van der Waals surface area contributed by atoms with Crippen LogP contribution >= 0.6 is 0 Å². The number of hydrogen-bond acceptors (Lipinski definition) is 2. The summed E-state index contributed by atoms with van der Waals surface area (Å²) in [5, 5.41) is 11.3. The highest BCUT2D eigenvalue weighted by Gasteiger charge is 2.28. The maximum atomic E-state index is 16.2. The van der Waals surface area contributed by atoms with Crippen molar-refractivity contribution in [2.75, 3.05) is 9.80 Å². The number of hydrogen-bond donors (Lipinski definition) is 0. The Hall–Kier alpha value is -14.1. The van der Waals surface area contributed by atoms with Gasteiger partial charge in [-0.25, -0.2) is 17.6 Å². The highest BCUT2D eigenvalue weighted by molar-refractivity contribution is 6.26. The second-order valence-corrected chi connectivity index (χ2v) is 27.1. The van der Waals surface area contributed by atoms with E-state index in [1.165, 1.54) is 24.3 Å². The normalized spacial score (nSPS) is 11.5. The van der Waals surface area contributed by atoms with E-state index in [0.717, 1.165) is 154 Å². The molecule has 0 fully saturated rings. The van der Waals surface area contributed by atoms with Crippen LogP contribution in [-0.2, 0) is 0 Å². The van der Waals surface area contributed by atoms with E-state index in [9.17, 15) is 0 Å². The van der Waals surface area contributed by atoms with Gasteiger partial charge >= 0.3 is 0 Å². The molecule has 20 rings (SSSR count). The van der Waals surface area contributed by atoms with Gasteiger partial charge in [-0.2, -0.15) is 0 Å². The lowest BCUT2D eigenvalue weighted by Gasteiger charge is -2.29. The van der Waals surface area contributed by atoms with E-state index < -0.39 is 0 Å². The summed E-state index contributed by atoms with van der Waals surface area (Å²) in [6.07, 6.45) is 0. The molecule has 20 aromatic rings. The predicted molar refractivity (Wildman–Crippen MR) is 443 cm³/mol. The molecule has 0 bridgehead atoms. The lowest BCUT2D eigenvalue weighted by atomic mass is 9.84. The Morgan fingerprint density at radius 2 is 0.481 bits per heavy atom. The third-order valence-corrected chi connectivity index (χ3v) is 21.0. The number of halogens is 4. The van der Waals surface area contributed by atoms with Gasteiger partial charge in [0, 0.05) is 111 Å². The van der Waals surface area contributed by atoms with E-state index in [-0.39, 0.29) is 23.3 Å². The van der Waals surface area contributed by atoms with Gasteiger partial charge in [-0.3, -0.25) is 0 Å². The smallest absolute Gasteiger partial charge is 0.131 e. The zero-order valence-corrected chi connectivity index (χ0v) is 58.3. The topological polar surface area (TPSA) is 16.3 Å². The van der Waals surface area contributed by atoms with Gasteiger partial charge in [0.25, 0.3) is 0 Å². The summed E-state index contributed by atoms with van der Waals surface area (Å²) in [5.74, 6) is -1.25. The van der Waals surface area contributed by atoms with E-state index in [1.54, 1.807) is 24.3 Å². The Bertz CT molecular complexity index is 6810. The third kappa shape index (κ3) is 11.0. The van der Waals surface area contributed by atoms with Crippen molar-refractivity contribution >= 4 is 121 Å². The van der Waals surface area contributed by atoms with Crippen LogP contribution in [0, 0.1) is 23.3 Å². The molecule has 18 aromatic carbocycles. The van der Waals surface area contributed by atoms with Crippen LogP contribution in [0.4, 0.5) is 51.7 Å². The maximum Gasteiger partial charge on any atom is 0.131 e. The standard InChI is InChI=1S/2C50H32F2N2/c51-43-26-12-9-23-39(43)48-37-21-7-8-22-38(37)49(40-24-10-13-27-44(40)52)50-41(48)25-15-29-47(50)53(33-16-3-1-4-17-33)35-30-31-46-42(32-35)36-20-11-14-28-45(36)54(46)34-18-5-2-6-19-34;51-45-24-12-9-22-41(45)49-38-20-7-8-21-39(38)50(42-23-10-13-25-46(42)52)44-32-35(27-29-40(44)49)53(33-15-3-1-4-16-33)36-28-30-48-43(31-36)37-19-11-14-26-47(37)54(48)34-17-5-2-6-18-34/h2*1-32H. The Balaban J connectivity index is 0.000000147. The van der Waals surface area contributed by atoms with Gasteiger partial charge in [-0.05, 0) is 177 Å². The fourth-order valence-corrected chi connectivity index (χ4v) is 16.4. The zero-order valence-electron chi connectivity index (χ0n) is 58.3. The van der Waals surface area contributed by atoms with Crippen LogP contribution in [0.5, 0.6) is 0 Å². The molecular weight excluding hydrogens is 1330 g/mol. The van der Waals surface area contributed by atoms with Crippen LogP contribution in [0.2, 0.25) is 0 Å². The minimum atomic E-state index is -0.321. The van der Waals surface area contributed by atoms with Crippen molar-refractivity contribution in [1.29, 1.82) is 0 Å². The van der Waals surface area contributed by atoms with E-state index in [0.29, 0.717) is 22.3 Å². The number of fused-ring (bicyclic) bond motifs is 10. The molecule has 512 valence electrons. The highest BCUT2D eigenvalue weighted by atomic mass is 19.1. The summed E-state index contributed by atoms with van der Waals surface area (Å²) in [4.78, 5) is 4.50. The quantitative estimate of drug-likeness (QED) is 0.0895. The molecule has 0 aliphatic heterocycles. The molecule has 2 heterocycles. The van der Waals surface area contributed by atoms with Crippen LogP contribution in [0.3, 0.4) is 0 Å². The van der Waals surface area contributed by atoms with Gasteiger partial charge in [-0.15, -0.1) is 0 Å². The van der Waals surface area contributed by atoms with Crippen molar-refractivity contribution in [2.24, 2.45) is 0 Å². The summed E-state index contributed by atoms with van der Waals surface area (Å²) in [6, 6.07) is 128. The van der Waals surface area contributed by atoms with Crippen molar-refractivity contribution in [3.8, 4) is 55.9 Å². The SMILES string of the molecule is Fc1ccccc1-c1c2ccccc2c(-c2ccccc2F)c2c(N(c3ccccc3)c3ccc4c(c3)c3ccccc3n4-c3ccccc3)cccc12.Fc1ccccc1-c1c2ccccc2c(-c2ccccc2F)c2cc(N(c3ccccc3)c3ccc4c(c3)c3ccccc3n4-c3ccccc3)ccc12. The maximum absolute atomic E-state index is 16.2. The number of anilines is 6. The average Bonchev–Trinajstić information content (AvgIpc) is 0.977. The molecule has 8 heteroatoms. The van der Waals surface area contributed by atoms with Crippen LogP contribution in [-0.4, -0.2) is 9.13 Å². The second kappa shape index (κ2) is 27.2. The fourth-order valence-electron chi connectivity index (χ4n) is 16.4. The number of rotatable bonds is 12. The van der Waals surface area contributed by atoms with Crippen molar-refractivity contribution < 1.29 is 17.6 Å².